The summed E-state index contributed by atoms with van der Waals surface area (Å²) in [6.07, 6.45) is 4.40. The Morgan fingerprint density at radius 2 is 2.08 bits per heavy atom. The maximum Gasteiger partial charge on any atom is 0.274 e. The Labute approximate surface area is 152 Å². The number of hydrogen-bond donors (Lipinski definition) is 1. The Kier molecular flexibility index (Phi) is 4.84. The van der Waals surface area contributed by atoms with Gasteiger partial charge in [-0.3, -0.25) is 4.79 Å². The van der Waals surface area contributed by atoms with Crippen molar-refractivity contribution < 1.29 is 4.52 Å². The molecule has 1 saturated heterocycles. The van der Waals surface area contributed by atoms with Gasteiger partial charge in [-0.25, -0.2) is 0 Å². The molecule has 2 aromatic heterocycles. The van der Waals surface area contributed by atoms with E-state index in [-0.39, 0.29) is 5.43 Å². The van der Waals surface area contributed by atoms with Crippen LogP contribution in [-0.4, -0.2) is 39.7 Å². The van der Waals surface area contributed by atoms with Crippen molar-refractivity contribution in [2.45, 2.75) is 32.6 Å². The van der Waals surface area contributed by atoms with Gasteiger partial charge in [0, 0.05) is 23.4 Å². The summed E-state index contributed by atoms with van der Waals surface area (Å²) in [5.41, 5.74) is 1.31. The molecule has 26 heavy (non-hydrogen) atoms. The molecule has 0 aliphatic carbocycles. The van der Waals surface area contributed by atoms with E-state index in [9.17, 15) is 4.79 Å². The molecule has 0 atom stereocenters. The minimum Gasteiger partial charge on any atom is -0.350 e. The van der Waals surface area contributed by atoms with Gasteiger partial charge in [0.2, 0.25) is 0 Å². The number of hydrogen-bond acceptors (Lipinski definition) is 5. The Bertz CT molecular complexity index is 938. The Morgan fingerprint density at radius 1 is 1.27 bits per heavy atom. The fourth-order valence-corrected chi connectivity index (χ4v) is 3.75. The van der Waals surface area contributed by atoms with Crippen LogP contribution in [0.5, 0.6) is 0 Å². The number of benzene rings is 1. The molecule has 3 aromatic rings. The zero-order valence-electron chi connectivity index (χ0n) is 15.1. The lowest BCUT2D eigenvalue weighted by molar-refractivity contribution is 0.182. The van der Waals surface area contributed by atoms with E-state index in [1.165, 1.54) is 31.9 Å². The maximum atomic E-state index is 12.3. The van der Waals surface area contributed by atoms with Crippen molar-refractivity contribution in [3.63, 3.8) is 0 Å². The number of H-pyrrole nitrogens is 1. The summed E-state index contributed by atoms with van der Waals surface area (Å²) in [6.45, 7) is 5.72. The molecule has 6 heteroatoms. The van der Waals surface area contributed by atoms with Crippen LogP contribution in [0.1, 0.15) is 32.0 Å². The van der Waals surface area contributed by atoms with Gasteiger partial charge >= 0.3 is 0 Å². The number of para-hydroxylation sites is 1. The minimum absolute atomic E-state index is 0.0441. The summed E-state index contributed by atoms with van der Waals surface area (Å²) in [4.78, 5) is 22.5. The van der Waals surface area contributed by atoms with E-state index in [2.05, 4.69) is 26.9 Å². The van der Waals surface area contributed by atoms with E-state index in [1.807, 2.05) is 24.3 Å². The van der Waals surface area contributed by atoms with Crippen LogP contribution in [-0.2, 0) is 6.42 Å². The monoisotopic (exact) mass is 352 g/mol. The predicted molar refractivity (Wildman–Crippen MR) is 101 cm³/mol. The van der Waals surface area contributed by atoms with Gasteiger partial charge in [0.25, 0.3) is 5.89 Å². The first-order valence-electron chi connectivity index (χ1n) is 9.40. The first-order valence-corrected chi connectivity index (χ1v) is 9.40. The Morgan fingerprint density at radius 3 is 2.88 bits per heavy atom. The molecule has 1 N–H and O–H groups in total. The summed E-state index contributed by atoms with van der Waals surface area (Å²) in [7, 11) is 0. The smallest absolute Gasteiger partial charge is 0.274 e. The van der Waals surface area contributed by atoms with Crippen molar-refractivity contribution >= 4 is 10.9 Å². The Hall–Kier alpha value is -2.47. The second kappa shape index (κ2) is 7.41. The van der Waals surface area contributed by atoms with E-state index in [1.54, 1.807) is 0 Å². The molecule has 1 aliphatic heterocycles. The van der Waals surface area contributed by atoms with Crippen LogP contribution in [0.4, 0.5) is 0 Å². The van der Waals surface area contributed by atoms with Gasteiger partial charge in [-0.15, -0.1) is 0 Å². The predicted octanol–water partition coefficient (Wildman–Crippen LogP) is 3.24. The highest BCUT2D eigenvalue weighted by atomic mass is 16.5. The molecule has 136 valence electrons. The number of aromatic amines is 1. The van der Waals surface area contributed by atoms with Gasteiger partial charge in [0.1, 0.15) is 5.69 Å². The van der Waals surface area contributed by atoms with Gasteiger partial charge in [-0.2, -0.15) is 4.98 Å². The fourth-order valence-electron chi connectivity index (χ4n) is 3.75. The standard InChI is InChI=1S/C20H24N4O2/c1-2-9-24-10-7-14(8-11-24)12-19-22-20(26-23-19)17-13-18(25)15-5-3-4-6-16(15)21-17/h3-6,13-14H,2,7-12H2,1H3,(H,21,25). The van der Waals surface area contributed by atoms with Gasteiger partial charge in [-0.1, -0.05) is 24.2 Å². The van der Waals surface area contributed by atoms with E-state index in [0.717, 1.165) is 30.9 Å². The molecule has 0 radical (unpaired) electrons. The number of nitrogens with one attached hydrogen (secondary N) is 1. The second-order valence-electron chi connectivity index (χ2n) is 7.10. The average molecular weight is 352 g/mol. The highest BCUT2D eigenvalue weighted by molar-refractivity contribution is 5.80. The fraction of sp³-hybridized carbons (Fsp3) is 0.450. The van der Waals surface area contributed by atoms with Crippen LogP contribution >= 0.6 is 0 Å². The molecule has 0 amide bonds. The first kappa shape index (κ1) is 17.0. The van der Waals surface area contributed by atoms with Crippen LogP contribution in [0.3, 0.4) is 0 Å². The SMILES string of the molecule is CCCN1CCC(Cc2noc(-c3cc(=O)c4ccccc4[nH]3)n2)CC1. The van der Waals surface area contributed by atoms with Crippen molar-refractivity contribution in [2.24, 2.45) is 5.92 Å². The van der Waals surface area contributed by atoms with Gasteiger partial charge < -0.3 is 14.4 Å². The molecule has 0 spiro atoms. The largest absolute Gasteiger partial charge is 0.350 e. The number of fused-ring (bicyclic) bond motifs is 1. The molecule has 1 fully saturated rings. The molecule has 0 bridgehead atoms. The third kappa shape index (κ3) is 3.55. The van der Waals surface area contributed by atoms with Crippen molar-refractivity contribution in [1.29, 1.82) is 0 Å². The number of pyridine rings is 1. The van der Waals surface area contributed by atoms with Crippen molar-refractivity contribution in [1.82, 2.24) is 20.0 Å². The number of rotatable bonds is 5. The first-order chi connectivity index (χ1) is 12.7. The molecule has 0 unspecified atom stereocenters. The number of piperidine rings is 1. The minimum atomic E-state index is -0.0441. The topological polar surface area (TPSA) is 75.0 Å². The third-order valence-corrected chi connectivity index (χ3v) is 5.15. The van der Waals surface area contributed by atoms with Crippen molar-refractivity contribution in [3.8, 4) is 11.6 Å². The number of likely N-dealkylation sites (tertiary alicyclic amines) is 1. The lowest BCUT2D eigenvalue weighted by atomic mass is 9.93. The zero-order valence-corrected chi connectivity index (χ0v) is 15.1. The van der Waals surface area contributed by atoms with Crippen LogP contribution in [0.25, 0.3) is 22.5 Å². The van der Waals surface area contributed by atoms with Gasteiger partial charge in [0.05, 0.1) is 0 Å². The molecule has 0 saturated carbocycles. The molecular weight excluding hydrogens is 328 g/mol. The maximum absolute atomic E-state index is 12.3. The average Bonchev–Trinajstić information content (AvgIpc) is 3.12. The number of nitrogens with zero attached hydrogens (tertiary/aromatic N) is 3. The summed E-state index contributed by atoms with van der Waals surface area (Å²) in [5.74, 6) is 1.71. The molecule has 1 aliphatic rings. The number of aromatic nitrogens is 3. The summed E-state index contributed by atoms with van der Waals surface area (Å²) in [6, 6.07) is 8.96. The van der Waals surface area contributed by atoms with E-state index in [4.69, 9.17) is 4.52 Å². The zero-order chi connectivity index (χ0) is 17.9. The van der Waals surface area contributed by atoms with E-state index in [0.29, 0.717) is 22.9 Å². The highest BCUT2D eigenvalue weighted by Crippen LogP contribution is 2.22. The van der Waals surface area contributed by atoms with Crippen LogP contribution in [0.15, 0.2) is 39.6 Å². The van der Waals surface area contributed by atoms with E-state index >= 15 is 0 Å². The summed E-state index contributed by atoms with van der Waals surface area (Å²) in [5, 5.41) is 4.79. The van der Waals surface area contributed by atoms with Gasteiger partial charge in [-0.05, 0) is 56.9 Å². The summed E-state index contributed by atoms with van der Waals surface area (Å²) >= 11 is 0. The summed E-state index contributed by atoms with van der Waals surface area (Å²) < 4.78 is 5.41. The lowest BCUT2D eigenvalue weighted by Gasteiger charge is -2.31. The molecule has 4 rings (SSSR count). The molecular formula is C20H24N4O2. The van der Waals surface area contributed by atoms with Crippen LogP contribution < -0.4 is 5.43 Å². The normalized spacial score (nSPS) is 16.3. The van der Waals surface area contributed by atoms with Crippen molar-refractivity contribution in [3.05, 3.63) is 46.4 Å². The molecule has 6 nitrogen and oxygen atoms in total. The highest BCUT2D eigenvalue weighted by Gasteiger charge is 2.21. The second-order valence-corrected chi connectivity index (χ2v) is 7.10. The van der Waals surface area contributed by atoms with Gasteiger partial charge in [0.15, 0.2) is 11.3 Å². The van der Waals surface area contributed by atoms with Crippen LogP contribution in [0, 0.1) is 5.92 Å². The molecule has 1 aromatic carbocycles. The lowest BCUT2D eigenvalue weighted by Crippen LogP contribution is -2.34. The van der Waals surface area contributed by atoms with E-state index < -0.39 is 0 Å². The molecule has 3 heterocycles. The van der Waals surface area contributed by atoms with Crippen molar-refractivity contribution in [2.75, 3.05) is 19.6 Å². The van der Waals surface area contributed by atoms with Crippen LogP contribution in [0.2, 0.25) is 0 Å². The third-order valence-electron chi connectivity index (χ3n) is 5.15. The Balaban J connectivity index is 1.48. The quantitative estimate of drug-likeness (QED) is 0.763.